The number of benzene rings is 2. The summed E-state index contributed by atoms with van der Waals surface area (Å²) in [5.74, 6) is -1.21. The molecule has 0 bridgehead atoms. The summed E-state index contributed by atoms with van der Waals surface area (Å²) in [5.41, 5.74) is 1.70. The van der Waals surface area contributed by atoms with Crippen molar-refractivity contribution >= 4 is 19.7 Å². The molecule has 1 N–H and O–H groups in total. The fraction of sp³-hybridized carbons (Fsp3) is 0.188. The van der Waals surface area contributed by atoms with Crippen LogP contribution in [0.15, 0.2) is 54.6 Å². The Morgan fingerprint density at radius 3 is 2.30 bits per heavy atom. The standard InChI is InChI=1S/C16H16NO4P.Na/c1-2-21-16(18)13-8-10-14(11-9-13)17-15(22(19)20)12-6-4-3-5-7-12;/h3-11,15,17H,2H2,1H3;/q;+1. The van der Waals surface area contributed by atoms with Crippen LogP contribution >= 0.6 is 8.03 Å². The first kappa shape index (κ1) is 19.8. The van der Waals surface area contributed by atoms with Gasteiger partial charge in [-0.2, -0.15) is 0 Å². The number of carbonyl (C=O) groups excluding carboxylic acids is 1. The van der Waals surface area contributed by atoms with Gasteiger partial charge in [-0.25, -0.2) is 4.79 Å². The molecule has 0 amide bonds. The number of anilines is 1. The van der Waals surface area contributed by atoms with Gasteiger partial charge in [0.2, 0.25) is 5.78 Å². The molecule has 2 rings (SSSR count). The van der Waals surface area contributed by atoms with E-state index in [1.54, 1.807) is 55.5 Å². The minimum atomic E-state index is -2.69. The third-order valence-electron chi connectivity index (χ3n) is 3.03. The SMILES string of the molecule is CCOC(=O)c1ccc(NC(c2ccccc2)[P+](=O)[O-])cc1.[Na+]. The average molecular weight is 340 g/mol. The molecule has 0 saturated heterocycles. The Morgan fingerprint density at radius 2 is 1.78 bits per heavy atom. The maximum Gasteiger partial charge on any atom is 1.00 e. The van der Waals surface area contributed by atoms with Crippen molar-refractivity contribution in [2.45, 2.75) is 12.7 Å². The van der Waals surface area contributed by atoms with Crippen molar-refractivity contribution in [3.63, 3.8) is 0 Å². The fourth-order valence-electron chi connectivity index (χ4n) is 1.97. The topological polar surface area (TPSA) is 78.5 Å². The molecular weight excluding hydrogens is 324 g/mol. The molecule has 23 heavy (non-hydrogen) atoms. The van der Waals surface area contributed by atoms with Crippen molar-refractivity contribution in [1.82, 2.24) is 0 Å². The van der Waals surface area contributed by atoms with Gasteiger partial charge < -0.3 is 14.9 Å². The minimum Gasteiger partial charge on any atom is -0.594 e. The molecule has 2 unspecified atom stereocenters. The zero-order valence-electron chi connectivity index (χ0n) is 13.1. The predicted molar refractivity (Wildman–Crippen MR) is 82.8 cm³/mol. The van der Waals surface area contributed by atoms with E-state index in [2.05, 4.69) is 5.32 Å². The first-order valence-electron chi connectivity index (χ1n) is 6.84. The van der Waals surface area contributed by atoms with Crippen molar-refractivity contribution < 1.29 is 48.5 Å². The molecule has 0 radical (unpaired) electrons. The van der Waals surface area contributed by atoms with Gasteiger partial charge in [-0.1, -0.05) is 34.9 Å². The zero-order chi connectivity index (χ0) is 15.9. The van der Waals surface area contributed by atoms with Crippen LogP contribution in [0.3, 0.4) is 0 Å². The van der Waals surface area contributed by atoms with E-state index < -0.39 is 19.8 Å². The molecule has 0 aliphatic carbocycles. The van der Waals surface area contributed by atoms with Gasteiger partial charge in [0.05, 0.1) is 12.2 Å². The van der Waals surface area contributed by atoms with Gasteiger partial charge in [0.25, 0.3) is 0 Å². The molecule has 0 aliphatic heterocycles. The van der Waals surface area contributed by atoms with Crippen LogP contribution in [-0.4, -0.2) is 12.6 Å². The van der Waals surface area contributed by atoms with Crippen molar-refractivity contribution in [1.29, 1.82) is 0 Å². The smallest absolute Gasteiger partial charge is 0.594 e. The van der Waals surface area contributed by atoms with Crippen LogP contribution in [0.1, 0.15) is 28.6 Å². The maximum atomic E-state index is 11.6. The molecule has 0 heterocycles. The first-order valence-corrected chi connectivity index (χ1v) is 8.08. The number of carbonyl (C=O) groups is 1. The van der Waals surface area contributed by atoms with Crippen molar-refractivity contribution in [2.24, 2.45) is 0 Å². The number of rotatable bonds is 6. The Balaban J connectivity index is 0.00000264. The van der Waals surface area contributed by atoms with Crippen LogP contribution in [0.5, 0.6) is 0 Å². The summed E-state index contributed by atoms with van der Waals surface area (Å²) in [4.78, 5) is 23.0. The largest absolute Gasteiger partial charge is 1.00 e. The van der Waals surface area contributed by atoms with Gasteiger partial charge in [-0.3, -0.25) is 0 Å². The van der Waals surface area contributed by atoms with Crippen molar-refractivity contribution in [3.8, 4) is 0 Å². The number of hydrogen-bond donors (Lipinski definition) is 1. The monoisotopic (exact) mass is 340 g/mol. The summed E-state index contributed by atoms with van der Waals surface area (Å²) in [6, 6.07) is 15.4. The van der Waals surface area contributed by atoms with Crippen LogP contribution in [-0.2, 0) is 9.30 Å². The molecule has 2 aromatic carbocycles. The third-order valence-corrected chi connectivity index (χ3v) is 3.87. The summed E-state index contributed by atoms with van der Waals surface area (Å²) in [5, 5.41) is 2.94. The second-order valence-corrected chi connectivity index (χ2v) is 5.63. The van der Waals surface area contributed by atoms with Gasteiger partial charge in [0.15, 0.2) is 0 Å². The van der Waals surface area contributed by atoms with Gasteiger partial charge in [0.1, 0.15) is 0 Å². The quantitative estimate of drug-likeness (QED) is 0.458. The number of nitrogens with one attached hydrogen (secondary N) is 1. The molecule has 2 atom stereocenters. The molecule has 0 spiro atoms. The summed E-state index contributed by atoms with van der Waals surface area (Å²) >= 11 is 0. The van der Waals surface area contributed by atoms with Crippen LogP contribution in [0.2, 0.25) is 0 Å². The molecule has 5 nitrogen and oxygen atoms in total. The Morgan fingerprint density at radius 1 is 1.17 bits per heavy atom. The van der Waals surface area contributed by atoms with Crippen LogP contribution < -0.4 is 39.8 Å². The van der Waals surface area contributed by atoms with Gasteiger partial charge >= 0.3 is 43.6 Å². The third kappa shape index (κ3) is 5.72. The number of ether oxygens (including phenoxy) is 1. The van der Waals surface area contributed by atoms with E-state index in [0.717, 1.165) is 0 Å². The molecular formula is C16H16NNaO4P+. The van der Waals surface area contributed by atoms with E-state index >= 15 is 0 Å². The van der Waals surface area contributed by atoms with E-state index in [1.165, 1.54) is 0 Å². The summed E-state index contributed by atoms with van der Waals surface area (Å²) in [6.07, 6.45) is 0. The zero-order valence-corrected chi connectivity index (χ0v) is 16.0. The summed E-state index contributed by atoms with van der Waals surface area (Å²) in [6.45, 7) is 2.05. The molecule has 0 aromatic heterocycles. The number of hydrogen-bond acceptors (Lipinski definition) is 5. The molecule has 7 heteroatoms. The molecule has 0 aliphatic rings. The Kier molecular flexibility index (Phi) is 8.45. The Bertz CT molecular complexity index is 649. The van der Waals surface area contributed by atoms with Crippen LogP contribution in [0.25, 0.3) is 0 Å². The van der Waals surface area contributed by atoms with Gasteiger partial charge in [-0.15, -0.1) is 0 Å². The number of esters is 1. The molecule has 114 valence electrons. The van der Waals surface area contributed by atoms with E-state index in [1.807, 2.05) is 6.07 Å². The maximum absolute atomic E-state index is 11.6. The van der Waals surface area contributed by atoms with E-state index in [4.69, 9.17) is 4.74 Å². The Labute approximate surface area is 158 Å². The van der Waals surface area contributed by atoms with Gasteiger partial charge in [-0.05, 0) is 31.2 Å². The van der Waals surface area contributed by atoms with E-state index in [-0.39, 0.29) is 29.6 Å². The Hall–Kier alpha value is -1.23. The normalized spacial score (nSPS) is 11.8. The van der Waals surface area contributed by atoms with Crippen molar-refractivity contribution in [3.05, 3.63) is 65.7 Å². The molecule has 2 aromatic rings. The van der Waals surface area contributed by atoms with Crippen LogP contribution in [0, 0.1) is 0 Å². The van der Waals surface area contributed by atoms with E-state index in [0.29, 0.717) is 23.4 Å². The second kappa shape index (κ2) is 9.81. The summed E-state index contributed by atoms with van der Waals surface area (Å²) < 4.78 is 16.4. The first-order chi connectivity index (χ1) is 10.6. The average Bonchev–Trinajstić information content (AvgIpc) is 2.54. The molecule has 0 saturated carbocycles. The van der Waals surface area contributed by atoms with Crippen molar-refractivity contribution in [2.75, 3.05) is 11.9 Å². The predicted octanol–water partition coefficient (Wildman–Crippen LogP) is 0.0807. The molecule has 0 fully saturated rings. The van der Waals surface area contributed by atoms with E-state index in [9.17, 15) is 14.3 Å². The van der Waals surface area contributed by atoms with Crippen LogP contribution in [0.4, 0.5) is 5.69 Å². The summed E-state index contributed by atoms with van der Waals surface area (Å²) in [7, 11) is -2.69. The fourth-order valence-corrected chi connectivity index (χ4v) is 2.64. The van der Waals surface area contributed by atoms with Gasteiger partial charge in [0, 0.05) is 11.3 Å². The minimum absolute atomic E-state index is 0. The second-order valence-electron chi connectivity index (χ2n) is 4.54.